The van der Waals surface area contributed by atoms with E-state index >= 15 is 0 Å². The molecule has 1 aliphatic heterocycles. The van der Waals surface area contributed by atoms with E-state index in [1.165, 1.54) is 16.6 Å². The Balaban J connectivity index is 1.54. The largest absolute Gasteiger partial charge is 0.343 e. The molecule has 7 heteroatoms. The van der Waals surface area contributed by atoms with Gasteiger partial charge in [-0.15, -0.1) is 0 Å². The number of benzene rings is 1. The van der Waals surface area contributed by atoms with Crippen molar-refractivity contribution in [2.75, 3.05) is 25.1 Å². The zero-order valence-electron chi connectivity index (χ0n) is 14.7. The highest BCUT2D eigenvalue weighted by molar-refractivity contribution is 7.91. The van der Waals surface area contributed by atoms with Gasteiger partial charge in [-0.1, -0.05) is 18.2 Å². The molecule has 0 spiro atoms. The number of fused-ring (bicyclic) bond motifs is 1. The summed E-state index contributed by atoms with van der Waals surface area (Å²) in [5, 5.41) is 4.15. The molecule has 1 aromatic carbocycles. The Morgan fingerprint density at radius 2 is 1.96 bits per heavy atom. The van der Waals surface area contributed by atoms with Crippen molar-refractivity contribution in [1.29, 1.82) is 0 Å². The Morgan fingerprint density at radius 1 is 1.28 bits per heavy atom. The highest BCUT2D eigenvalue weighted by Gasteiger charge is 2.28. The molecule has 0 unspecified atom stereocenters. The Bertz CT molecular complexity index is 859. The second kappa shape index (κ2) is 7.07. The zero-order chi connectivity index (χ0) is 18.0. The van der Waals surface area contributed by atoms with Crippen LogP contribution >= 0.6 is 0 Å². The summed E-state index contributed by atoms with van der Waals surface area (Å²) in [4.78, 5) is 14.0. The van der Waals surface area contributed by atoms with Gasteiger partial charge in [0, 0.05) is 37.4 Å². The van der Waals surface area contributed by atoms with E-state index in [0.717, 1.165) is 0 Å². The molecular weight excluding hydrogens is 338 g/mol. The number of nitrogens with one attached hydrogen (secondary N) is 1. The molecule has 136 valence electrons. The van der Waals surface area contributed by atoms with E-state index < -0.39 is 9.84 Å². The standard InChI is InChI=1S/C18H25N3O3S/c1-14-13-15-5-3-4-6-17(15)21(14)10-9-19-18(22)20(2)16-7-11-25(23,24)12-8-16/h3-6,13,16H,7-12H2,1-2H3,(H,19,22). The monoisotopic (exact) mass is 363 g/mol. The van der Waals surface area contributed by atoms with E-state index in [2.05, 4.69) is 35.0 Å². The minimum atomic E-state index is -2.91. The van der Waals surface area contributed by atoms with Crippen molar-refractivity contribution in [3.05, 3.63) is 36.0 Å². The third-order valence-electron chi connectivity index (χ3n) is 5.02. The molecule has 3 rings (SSSR count). The van der Waals surface area contributed by atoms with Gasteiger partial charge in [-0.3, -0.25) is 0 Å². The van der Waals surface area contributed by atoms with Gasteiger partial charge in [0.15, 0.2) is 0 Å². The quantitative estimate of drug-likeness (QED) is 0.905. The number of hydrogen-bond donors (Lipinski definition) is 1. The van der Waals surface area contributed by atoms with Crippen molar-refractivity contribution in [2.24, 2.45) is 0 Å². The van der Waals surface area contributed by atoms with Gasteiger partial charge in [-0.25, -0.2) is 13.2 Å². The fraction of sp³-hybridized carbons (Fsp3) is 0.500. The van der Waals surface area contributed by atoms with Crippen LogP contribution in [0.3, 0.4) is 0 Å². The lowest BCUT2D eigenvalue weighted by Crippen LogP contribution is -2.47. The molecule has 0 saturated carbocycles. The van der Waals surface area contributed by atoms with Crippen LogP contribution < -0.4 is 5.32 Å². The summed E-state index contributed by atoms with van der Waals surface area (Å²) in [6, 6.07) is 10.2. The SMILES string of the molecule is Cc1cc2ccccc2n1CCNC(=O)N(C)C1CCS(=O)(=O)CC1. The first kappa shape index (κ1) is 17.8. The predicted molar refractivity (Wildman–Crippen MR) is 99.5 cm³/mol. The molecule has 0 bridgehead atoms. The Kier molecular flexibility index (Phi) is 5.03. The number of aromatic nitrogens is 1. The van der Waals surface area contributed by atoms with Crippen molar-refractivity contribution in [1.82, 2.24) is 14.8 Å². The average Bonchev–Trinajstić information content (AvgIpc) is 2.90. The molecule has 1 fully saturated rings. The summed E-state index contributed by atoms with van der Waals surface area (Å²) in [7, 11) is -1.16. The van der Waals surface area contributed by atoms with Crippen molar-refractivity contribution in [2.45, 2.75) is 32.4 Å². The Hall–Kier alpha value is -2.02. The van der Waals surface area contributed by atoms with Crippen molar-refractivity contribution < 1.29 is 13.2 Å². The topological polar surface area (TPSA) is 71.4 Å². The van der Waals surface area contributed by atoms with Crippen LogP contribution in [0.4, 0.5) is 4.79 Å². The van der Waals surface area contributed by atoms with Gasteiger partial charge in [0.2, 0.25) is 0 Å². The van der Waals surface area contributed by atoms with Crippen LogP contribution in [0.15, 0.2) is 30.3 Å². The first-order valence-corrected chi connectivity index (χ1v) is 10.5. The second-order valence-electron chi connectivity index (χ2n) is 6.72. The van der Waals surface area contributed by atoms with E-state index in [-0.39, 0.29) is 23.6 Å². The van der Waals surface area contributed by atoms with Crippen LogP contribution in [0.1, 0.15) is 18.5 Å². The summed E-state index contributed by atoms with van der Waals surface area (Å²) in [6.07, 6.45) is 1.04. The smallest absolute Gasteiger partial charge is 0.317 e. The lowest BCUT2D eigenvalue weighted by molar-refractivity contribution is 0.185. The van der Waals surface area contributed by atoms with E-state index in [1.807, 2.05) is 12.1 Å². The lowest BCUT2D eigenvalue weighted by atomic mass is 10.1. The number of hydrogen-bond acceptors (Lipinski definition) is 3. The molecule has 1 aliphatic rings. The second-order valence-corrected chi connectivity index (χ2v) is 9.03. The van der Waals surface area contributed by atoms with Gasteiger partial charge >= 0.3 is 6.03 Å². The average molecular weight is 363 g/mol. The van der Waals surface area contributed by atoms with Gasteiger partial charge < -0.3 is 14.8 Å². The highest BCUT2D eigenvalue weighted by atomic mass is 32.2. The summed E-state index contributed by atoms with van der Waals surface area (Å²) in [6.45, 7) is 3.31. The van der Waals surface area contributed by atoms with Gasteiger partial charge in [-0.2, -0.15) is 0 Å². The number of aryl methyl sites for hydroxylation is 1. The van der Waals surface area contributed by atoms with Gasteiger partial charge in [-0.05, 0) is 37.3 Å². The Morgan fingerprint density at radius 3 is 2.68 bits per heavy atom. The number of para-hydroxylation sites is 1. The number of amides is 2. The molecule has 2 amide bonds. The molecule has 1 N–H and O–H groups in total. The lowest BCUT2D eigenvalue weighted by Gasteiger charge is -2.31. The highest BCUT2D eigenvalue weighted by Crippen LogP contribution is 2.19. The van der Waals surface area contributed by atoms with Gasteiger partial charge in [0.05, 0.1) is 11.5 Å². The number of carbonyl (C=O) groups excluding carboxylic acids is 1. The van der Waals surface area contributed by atoms with Crippen LogP contribution in [0.2, 0.25) is 0 Å². The maximum absolute atomic E-state index is 12.3. The van der Waals surface area contributed by atoms with Gasteiger partial charge in [0.25, 0.3) is 0 Å². The summed E-state index contributed by atoms with van der Waals surface area (Å²) in [5.74, 6) is 0.341. The fourth-order valence-electron chi connectivity index (χ4n) is 3.48. The van der Waals surface area contributed by atoms with Crippen LogP contribution in [-0.2, 0) is 16.4 Å². The van der Waals surface area contributed by atoms with E-state index in [4.69, 9.17) is 0 Å². The van der Waals surface area contributed by atoms with E-state index in [9.17, 15) is 13.2 Å². The van der Waals surface area contributed by atoms with Crippen LogP contribution in [0.25, 0.3) is 10.9 Å². The number of rotatable bonds is 4. The van der Waals surface area contributed by atoms with Crippen molar-refractivity contribution in [3.63, 3.8) is 0 Å². The first-order chi connectivity index (χ1) is 11.9. The third-order valence-corrected chi connectivity index (χ3v) is 6.74. The van der Waals surface area contributed by atoms with Crippen LogP contribution in [-0.4, -0.2) is 55.1 Å². The minimum absolute atomic E-state index is 0.00216. The van der Waals surface area contributed by atoms with Crippen molar-refractivity contribution >= 4 is 26.8 Å². The van der Waals surface area contributed by atoms with Crippen molar-refractivity contribution in [3.8, 4) is 0 Å². The number of nitrogens with zero attached hydrogens (tertiary/aromatic N) is 2. The first-order valence-electron chi connectivity index (χ1n) is 8.63. The molecule has 0 radical (unpaired) electrons. The summed E-state index contributed by atoms with van der Waals surface area (Å²) < 4.78 is 25.2. The predicted octanol–water partition coefficient (Wildman–Crippen LogP) is 2.17. The van der Waals surface area contributed by atoms with E-state index in [0.29, 0.717) is 25.9 Å². The Labute approximate surface area is 148 Å². The molecule has 1 aromatic heterocycles. The zero-order valence-corrected chi connectivity index (χ0v) is 15.6. The van der Waals surface area contributed by atoms with E-state index in [1.54, 1.807) is 11.9 Å². The third kappa shape index (κ3) is 3.98. The molecular formula is C18H25N3O3S. The minimum Gasteiger partial charge on any atom is -0.343 e. The maximum Gasteiger partial charge on any atom is 0.317 e. The van der Waals surface area contributed by atoms with Gasteiger partial charge in [0.1, 0.15) is 9.84 Å². The number of carbonyl (C=O) groups is 1. The van der Waals surface area contributed by atoms with Crippen LogP contribution in [0.5, 0.6) is 0 Å². The molecule has 0 aliphatic carbocycles. The maximum atomic E-state index is 12.3. The molecule has 0 atom stereocenters. The molecule has 2 heterocycles. The molecule has 2 aromatic rings. The number of sulfone groups is 1. The van der Waals surface area contributed by atoms with Crippen LogP contribution in [0, 0.1) is 6.92 Å². The summed E-state index contributed by atoms with van der Waals surface area (Å²) >= 11 is 0. The molecule has 1 saturated heterocycles. The number of urea groups is 1. The fourth-order valence-corrected chi connectivity index (χ4v) is 4.94. The molecule has 6 nitrogen and oxygen atoms in total. The normalized spacial score (nSPS) is 17.5. The summed E-state index contributed by atoms with van der Waals surface area (Å²) in [5.41, 5.74) is 2.33. The molecule has 25 heavy (non-hydrogen) atoms.